The molecule has 0 saturated carbocycles. The maximum absolute atomic E-state index is 5.87. The summed E-state index contributed by atoms with van der Waals surface area (Å²) in [6.07, 6.45) is 0.952. The first-order valence-corrected chi connectivity index (χ1v) is 6.57. The van der Waals surface area contributed by atoms with Crippen LogP contribution in [0.5, 0.6) is 5.75 Å². The highest BCUT2D eigenvalue weighted by molar-refractivity contribution is 5.74. The van der Waals surface area contributed by atoms with Crippen LogP contribution < -0.4 is 10.5 Å². The molecule has 0 fully saturated rings. The van der Waals surface area contributed by atoms with Crippen molar-refractivity contribution in [2.75, 3.05) is 13.7 Å². The number of oxazole rings is 1. The number of methoxy groups -OCH3 is 1. The molecule has 0 saturated heterocycles. The summed E-state index contributed by atoms with van der Waals surface area (Å²) in [5.74, 6) is 1.66. The third-order valence-electron chi connectivity index (χ3n) is 3.10. The number of hydrogen-bond acceptors (Lipinski definition) is 4. The van der Waals surface area contributed by atoms with Gasteiger partial charge < -0.3 is 14.9 Å². The van der Waals surface area contributed by atoms with Gasteiger partial charge in [0.1, 0.15) is 11.3 Å². The van der Waals surface area contributed by atoms with E-state index in [9.17, 15) is 0 Å². The largest absolute Gasteiger partial charge is 0.497 e. The van der Waals surface area contributed by atoms with E-state index in [2.05, 4.69) is 25.8 Å². The Hall–Kier alpha value is -1.55. The van der Waals surface area contributed by atoms with Gasteiger partial charge in [-0.05, 0) is 24.0 Å². The highest BCUT2D eigenvalue weighted by Gasteiger charge is 2.23. The maximum Gasteiger partial charge on any atom is 0.199 e. The zero-order valence-electron chi connectivity index (χ0n) is 12.1. The summed E-state index contributed by atoms with van der Waals surface area (Å²) in [5, 5.41) is 0. The number of aromatic nitrogens is 1. The molecular weight excluding hydrogens is 240 g/mol. The van der Waals surface area contributed by atoms with Crippen molar-refractivity contribution < 1.29 is 9.15 Å². The quantitative estimate of drug-likeness (QED) is 0.918. The second kappa shape index (κ2) is 5.21. The Bertz CT molecular complexity index is 555. The van der Waals surface area contributed by atoms with Crippen LogP contribution in [0.4, 0.5) is 0 Å². The van der Waals surface area contributed by atoms with Gasteiger partial charge in [0.2, 0.25) is 0 Å². The Morgan fingerprint density at radius 2 is 2.11 bits per heavy atom. The Morgan fingerprint density at radius 3 is 2.68 bits per heavy atom. The van der Waals surface area contributed by atoms with Crippen molar-refractivity contribution in [3.05, 3.63) is 24.1 Å². The van der Waals surface area contributed by atoms with Gasteiger partial charge in [-0.3, -0.25) is 0 Å². The van der Waals surface area contributed by atoms with Gasteiger partial charge in [-0.1, -0.05) is 20.8 Å². The highest BCUT2D eigenvalue weighted by atomic mass is 16.5. The summed E-state index contributed by atoms with van der Waals surface area (Å²) in [4.78, 5) is 4.55. The van der Waals surface area contributed by atoms with Crippen LogP contribution in [0.15, 0.2) is 22.6 Å². The third kappa shape index (κ3) is 3.26. The lowest BCUT2D eigenvalue weighted by Gasteiger charge is -2.22. The van der Waals surface area contributed by atoms with Crippen LogP contribution in [0, 0.1) is 5.41 Å². The van der Waals surface area contributed by atoms with Gasteiger partial charge in [0.25, 0.3) is 0 Å². The average Bonchev–Trinajstić information content (AvgIpc) is 2.77. The normalized spacial score (nSPS) is 13.7. The smallest absolute Gasteiger partial charge is 0.199 e. The van der Waals surface area contributed by atoms with E-state index in [1.165, 1.54) is 0 Å². The lowest BCUT2D eigenvalue weighted by molar-refractivity contribution is 0.314. The van der Waals surface area contributed by atoms with E-state index in [0.29, 0.717) is 6.54 Å². The summed E-state index contributed by atoms with van der Waals surface area (Å²) < 4.78 is 11.0. The summed E-state index contributed by atoms with van der Waals surface area (Å²) in [6.45, 7) is 7.13. The number of ether oxygens (including phenoxy) is 1. The van der Waals surface area contributed by atoms with E-state index in [4.69, 9.17) is 14.9 Å². The molecule has 104 valence electrons. The minimum absolute atomic E-state index is 0.151. The second-order valence-electron chi connectivity index (χ2n) is 6.08. The van der Waals surface area contributed by atoms with Gasteiger partial charge in [0, 0.05) is 18.5 Å². The molecule has 4 nitrogen and oxygen atoms in total. The molecular formula is C15H22N2O2. The molecule has 1 atom stereocenters. The summed E-state index contributed by atoms with van der Waals surface area (Å²) in [5.41, 5.74) is 7.66. The fourth-order valence-corrected chi connectivity index (χ4v) is 2.24. The van der Waals surface area contributed by atoms with Crippen LogP contribution in [0.3, 0.4) is 0 Å². The zero-order valence-corrected chi connectivity index (χ0v) is 12.1. The molecule has 1 unspecified atom stereocenters. The number of nitrogens with zero attached hydrogens (tertiary/aromatic N) is 1. The van der Waals surface area contributed by atoms with Crippen LogP contribution in [-0.4, -0.2) is 18.6 Å². The van der Waals surface area contributed by atoms with Gasteiger partial charge in [0.15, 0.2) is 11.5 Å². The molecule has 0 spiro atoms. The summed E-state index contributed by atoms with van der Waals surface area (Å²) in [7, 11) is 1.64. The molecule has 0 aliphatic carbocycles. The van der Waals surface area contributed by atoms with E-state index in [1.807, 2.05) is 18.2 Å². The molecule has 2 aromatic rings. The fourth-order valence-electron chi connectivity index (χ4n) is 2.24. The summed E-state index contributed by atoms with van der Waals surface area (Å²) >= 11 is 0. The third-order valence-corrected chi connectivity index (χ3v) is 3.10. The van der Waals surface area contributed by atoms with Gasteiger partial charge in [0.05, 0.1) is 7.11 Å². The van der Waals surface area contributed by atoms with Gasteiger partial charge in [-0.2, -0.15) is 0 Å². The molecule has 2 rings (SSSR count). The predicted molar refractivity (Wildman–Crippen MR) is 76.4 cm³/mol. The Morgan fingerprint density at radius 1 is 1.37 bits per heavy atom. The van der Waals surface area contributed by atoms with Crippen LogP contribution >= 0.6 is 0 Å². The lowest BCUT2D eigenvalue weighted by Crippen LogP contribution is -2.19. The van der Waals surface area contributed by atoms with Gasteiger partial charge in [-0.15, -0.1) is 0 Å². The molecule has 1 aromatic carbocycles. The summed E-state index contributed by atoms with van der Waals surface area (Å²) in [6, 6.07) is 5.64. The molecule has 0 bridgehead atoms. The Kier molecular flexibility index (Phi) is 3.80. The number of benzene rings is 1. The van der Waals surface area contributed by atoms with Crippen LogP contribution in [0.1, 0.15) is 39.0 Å². The molecule has 0 amide bonds. The molecule has 2 N–H and O–H groups in total. The second-order valence-corrected chi connectivity index (χ2v) is 6.08. The van der Waals surface area contributed by atoms with Crippen molar-refractivity contribution in [2.45, 2.75) is 33.1 Å². The first kappa shape index (κ1) is 13.9. The minimum atomic E-state index is 0.151. The molecule has 19 heavy (non-hydrogen) atoms. The van der Waals surface area contributed by atoms with Crippen LogP contribution in [-0.2, 0) is 0 Å². The van der Waals surface area contributed by atoms with Crippen molar-refractivity contribution in [2.24, 2.45) is 11.1 Å². The molecule has 0 aliphatic heterocycles. The van der Waals surface area contributed by atoms with E-state index < -0.39 is 0 Å². The van der Waals surface area contributed by atoms with E-state index in [-0.39, 0.29) is 11.3 Å². The topological polar surface area (TPSA) is 61.3 Å². The number of nitrogens with two attached hydrogens (primary N) is 1. The van der Waals surface area contributed by atoms with Crippen molar-refractivity contribution in [1.29, 1.82) is 0 Å². The number of hydrogen-bond donors (Lipinski definition) is 1. The molecule has 1 aromatic heterocycles. The zero-order chi connectivity index (χ0) is 14.0. The molecule has 0 radical (unpaired) electrons. The van der Waals surface area contributed by atoms with Crippen molar-refractivity contribution >= 4 is 11.1 Å². The average molecular weight is 262 g/mol. The van der Waals surface area contributed by atoms with Gasteiger partial charge in [-0.25, -0.2) is 4.98 Å². The minimum Gasteiger partial charge on any atom is -0.497 e. The standard InChI is InChI=1S/C15H22N2O2/c1-15(2,3)8-10(9-16)14-17-12-7-11(18-4)5-6-13(12)19-14/h5-7,10H,8-9,16H2,1-4H3. The van der Waals surface area contributed by atoms with Crippen molar-refractivity contribution in [1.82, 2.24) is 4.98 Å². The van der Waals surface area contributed by atoms with Gasteiger partial charge >= 0.3 is 0 Å². The first-order valence-electron chi connectivity index (χ1n) is 6.57. The van der Waals surface area contributed by atoms with Crippen LogP contribution in [0.2, 0.25) is 0 Å². The van der Waals surface area contributed by atoms with Crippen LogP contribution in [0.25, 0.3) is 11.1 Å². The Balaban J connectivity index is 2.33. The highest BCUT2D eigenvalue weighted by Crippen LogP contribution is 2.32. The maximum atomic E-state index is 5.87. The number of rotatable bonds is 4. The number of fused-ring (bicyclic) bond motifs is 1. The fraction of sp³-hybridized carbons (Fsp3) is 0.533. The molecule has 4 heteroatoms. The Labute approximate surface area is 114 Å². The lowest BCUT2D eigenvalue weighted by atomic mass is 9.84. The molecule has 0 aliphatic rings. The van der Waals surface area contributed by atoms with E-state index >= 15 is 0 Å². The van der Waals surface area contributed by atoms with E-state index in [1.54, 1.807) is 7.11 Å². The monoisotopic (exact) mass is 262 g/mol. The predicted octanol–water partition coefficient (Wildman–Crippen LogP) is 3.31. The van der Waals surface area contributed by atoms with E-state index in [0.717, 1.165) is 29.2 Å². The van der Waals surface area contributed by atoms with Crippen molar-refractivity contribution in [3.8, 4) is 5.75 Å². The SMILES string of the molecule is COc1ccc2oc(C(CN)CC(C)(C)C)nc2c1. The molecule has 1 heterocycles. The first-order chi connectivity index (χ1) is 8.93. The van der Waals surface area contributed by atoms with Crippen molar-refractivity contribution in [3.63, 3.8) is 0 Å².